The molecule has 1 aromatic carbocycles. The number of benzene rings is 1. The first-order valence-electron chi connectivity index (χ1n) is 9.81. The minimum Gasteiger partial charge on any atom is -0.497 e. The lowest BCUT2D eigenvalue weighted by Gasteiger charge is -2.37. The molecule has 1 amide bonds. The molecule has 3 rings (SSSR count). The fourth-order valence-corrected chi connectivity index (χ4v) is 4.35. The van der Waals surface area contributed by atoms with E-state index in [4.69, 9.17) is 4.74 Å². The Morgan fingerprint density at radius 1 is 1.29 bits per heavy atom. The van der Waals surface area contributed by atoms with Crippen LogP contribution in [0.25, 0.3) is 0 Å². The van der Waals surface area contributed by atoms with Crippen molar-refractivity contribution in [3.05, 3.63) is 29.8 Å². The van der Waals surface area contributed by atoms with Gasteiger partial charge in [0.2, 0.25) is 5.91 Å². The van der Waals surface area contributed by atoms with Crippen LogP contribution in [0, 0.1) is 0 Å². The number of nitrogens with zero attached hydrogens (tertiary/aromatic N) is 1. The fraction of sp³-hybridized carbons (Fsp3) is 0.650. The number of halogens is 3. The third kappa shape index (κ3) is 4.43. The van der Waals surface area contributed by atoms with Crippen LogP contribution in [0.15, 0.2) is 24.3 Å². The normalized spacial score (nSPS) is 21.3. The highest BCUT2D eigenvalue weighted by atomic mass is 19.4. The van der Waals surface area contributed by atoms with Gasteiger partial charge in [-0.25, -0.2) is 0 Å². The van der Waals surface area contributed by atoms with Gasteiger partial charge in [-0.15, -0.1) is 0 Å². The predicted molar refractivity (Wildman–Crippen MR) is 100 cm³/mol. The summed E-state index contributed by atoms with van der Waals surface area (Å²) in [5, 5.41) is 5.70. The zero-order valence-corrected chi connectivity index (χ0v) is 16.1. The van der Waals surface area contributed by atoms with Crippen molar-refractivity contribution >= 4 is 5.91 Å². The van der Waals surface area contributed by atoms with E-state index in [1.807, 2.05) is 18.2 Å². The van der Waals surface area contributed by atoms with Crippen LogP contribution >= 0.6 is 0 Å². The molecule has 1 saturated heterocycles. The van der Waals surface area contributed by atoms with Crippen LogP contribution in [0.4, 0.5) is 13.2 Å². The van der Waals surface area contributed by atoms with E-state index >= 15 is 0 Å². The van der Waals surface area contributed by atoms with Crippen LogP contribution in [0.2, 0.25) is 0 Å². The Labute approximate surface area is 163 Å². The Morgan fingerprint density at radius 3 is 2.57 bits per heavy atom. The largest absolute Gasteiger partial charge is 0.497 e. The van der Waals surface area contributed by atoms with Gasteiger partial charge in [0.25, 0.3) is 0 Å². The van der Waals surface area contributed by atoms with E-state index in [2.05, 4.69) is 10.6 Å². The Morgan fingerprint density at radius 2 is 1.96 bits per heavy atom. The summed E-state index contributed by atoms with van der Waals surface area (Å²) in [6.45, 7) is 1.26. The summed E-state index contributed by atoms with van der Waals surface area (Å²) in [6.07, 6.45) is -1.35. The number of carbonyl (C=O) groups excluding carboxylic acids is 1. The summed E-state index contributed by atoms with van der Waals surface area (Å²) < 4.78 is 46.1. The summed E-state index contributed by atoms with van der Waals surface area (Å²) in [7, 11) is 1.56. The second-order valence-electron chi connectivity index (χ2n) is 7.57. The number of hydrogen-bond acceptors (Lipinski definition) is 4. The van der Waals surface area contributed by atoms with Crippen LogP contribution in [-0.4, -0.2) is 62.9 Å². The smallest absolute Gasteiger partial charge is 0.405 e. The lowest BCUT2D eigenvalue weighted by Crippen LogP contribution is -2.58. The number of amides is 1. The molecule has 1 heterocycles. The van der Waals surface area contributed by atoms with Gasteiger partial charge in [-0.3, -0.25) is 9.69 Å². The summed E-state index contributed by atoms with van der Waals surface area (Å²) in [5.74, 6) is 0.327. The van der Waals surface area contributed by atoms with E-state index in [-0.39, 0.29) is 5.91 Å². The number of ether oxygens (including phenoxy) is 1. The molecule has 0 spiro atoms. The molecular formula is C20H28F3N3O2. The van der Waals surface area contributed by atoms with E-state index in [0.717, 1.165) is 18.4 Å². The fourth-order valence-electron chi connectivity index (χ4n) is 4.35. The van der Waals surface area contributed by atoms with Crippen LogP contribution in [-0.2, 0) is 10.2 Å². The monoisotopic (exact) mass is 399 g/mol. The third-order valence-electron chi connectivity index (χ3n) is 5.94. The SMILES string of the molecule is COc1cccc(C2(C(=O)NCC(N3CCNCC3)C(F)(F)F)CCCC2)c1. The van der Waals surface area contributed by atoms with E-state index < -0.39 is 24.2 Å². The van der Waals surface area contributed by atoms with Crippen molar-refractivity contribution < 1.29 is 22.7 Å². The van der Waals surface area contributed by atoms with Crippen molar-refractivity contribution in [2.24, 2.45) is 0 Å². The van der Waals surface area contributed by atoms with Crippen molar-refractivity contribution in [3.8, 4) is 5.75 Å². The van der Waals surface area contributed by atoms with Crippen LogP contribution < -0.4 is 15.4 Å². The Balaban J connectivity index is 1.76. The Kier molecular flexibility index (Phi) is 6.50. The van der Waals surface area contributed by atoms with Crippen molar-refractivity contribution in [1.29, 1.82) is 0 Å². The standard InChI is InChI=1S/C20H28F3N3O2/c1-28-16-6-4-5-15(13-16)19(7-2-3-8-19)18(27)25-14-17(20(21,22)23)26-11-9-24-10-12-26/h4-6,13,17,24H,2-3,7-12,14H2,1H3,(H,25,27). The molecule has 156 valence electrons. The first kappa shape index (κ1) is 20.9. The molecule has 1 unspecified atom stereocenters. The van der Waals surface area contributed by atoms with Crippen molar-refractivity contribution in [2.75, 3.05) is 39.8 Å². The van der Waals surface area contributed by atoms with Gasteiger partial charge in [0.15, 0.2) is 0 Å². The second kappa shape index (κ2) is 8.69. The molecule has 1 atom stereocenters. The summed E-state index contributed by atoms with van der Waals surface area (Å²) in [6, 6.07) is 5.64. The minimum atomic E-state index is -4.39. The molecule has 0 bridgehead atoms. The molecule has 5 nitrogen and oxygen atoms in total. The molecule has 1 saturated carbocycles. The van der Waals surface area contributed by atoms with Crippen molar-refractivity contribution in [2.45, 2.75) is 43.3 Å². The minimum absolute atomic E-state index is 0.317. The number of alkyl halides is 3. The van der Waals surface area contributed by atoms with E-state index in [1.165, 1.54) is 4.90 Å². The van der Waals surface area contributed by atoms with Gasteiger partial charge in [-0.1, -0.05) is 25.0 Å². The first-order valence-corrected chi connectivity index (χ1v) is 9.81. The molecule has 2 N–H and O–H groups in total. The van der Waals surface area contributed by atoms with Gasteiger partial charge in [0.1, 0.15) is 11.8 Å². The van der Waals surface area contributed by atoms with Crippen LogP contribution in [0.1, 0.15) is 31.2 Å². The molecule has 2 fully saturated rings. The number of carbonyl (C=O) groups is 1. The van der Waals surface area contributed by atoms with E-state index in [1.54, 1.807) is 13.2 Å². The zero-order chi connectivity index (χ0) is 20.2. The van der Waals surface area contributed by atoms with Gasteiger partial charge < -0.3 is 15.4 Å². The lowest BCUT2D eigenvalue weighted by molar-refractivity contribution is -0.184. The number of rotatable bonds is 6. The maximum Gasteiger partial charge on any atom is 0.405 e. The molecule has 1 aliphatic carbocycles. The lowest BCUT2D eigenvalue weighted by atomic mass is 9.78. The molecule has 0 aromatic heterocycles. The van der Waals surface area contributed by atoms with E-state index in [9.17, 15) is 18.0 Å². The Hall–Kier alpha value is -1.80. The first-order chi connectivity index (χ1) is 13.4. The topological polar surface area (TPSA) is 53.6 Å². The van der Waals surface area contributed by atoms with Crippen molar-refractivity contribution in [1.82, 2.24) is 15.5 Å². The summed E-state index contributed by atoms with van der Waals surface area (Å²) in [4.78, 5) is 14.5. The van der Waals surface area contributed by atoms with Crippen molar-refractivity contribution in [3.63, 3.8) is 0 Å². The summed E-state index contributed by atoms with van der Waals surface area (Å²) >= 11 is 0. The zero-order valence-electron chi connectivity index (χ0n) is 16.1. The molecular weight excluding hydrogens is 371 g/mol. The molecule has 1 aliphatic heterocycles. The quantitative estimate of drug-likeness (QED) is 0.772. The van der Waals surface area contributed by atoms with Gasteiger partial charge >= 0.3 is 6.18 Å². The highest BCUT2D eigenvalue weighted by Gasteiger charge is 2.46. The highest BCUT2D eigenvalue weighted by molar-refractivity contribution is 5.88. The van der Waals surface area contributed by atoms with Gasteiger partial charge in [0, 0.05) is 32.7 Å². The summed E-state index contributed by atoms with van der Waals surface area (Å²) in [5.41, 5.74) is 0.0290. The second-order valence-corrected chi connectivity index (χ2v) is 7.57. The average molecular weight is 399 g/mol. The van der Waals surface area contributed by atoms with Gasteiger partial charge in [0.05, 0.1) is 12.5 Å². The number of nitrogens with one attached hydrogen (secondary N) is 2. The third-order valence-corrected chi connectivity index (χ3v) is 5.94. The highest BCUT2D eigenvalue weighted by Crippen LogP contribution is 2.42. The van der Waals surface area contributed by atoms with E-state index in [0.29, 0.717) is 44.8 Å². The van der Waals surface area contributed by atoms with Crippen LogP contribution in [0.5, 0.6) is 5.75 Å². The maximum absolute atomic E-state index is 13.6. The maximum atomic E-state index is 13.6. The molecule has 1 aromatic rings. The average Bonchev–Trinajstić information content (AvgIpc) is 3.19. The number of methoxy groups -OCH3 is 1. The van der Waals surface area contributed by atoms with Crippen LogP contribution in [0.3, 0.4) is 0 Å². The van der Waals surface area contributed by atoms with Gasteiger partial charge in [-0.2, -0.15) is 13.2 Å². The van der Waals surface area contributed by atoms with Gasteiger partial charge in [-0.05, 0) is 30.5 Å². The molecule has 2 aliphatic rings. The molecule has 8 heteroatoms. The Bertz CT molecular complexity index is 669. The number of piperazine rings is 1. The molecule has 0 radical (unpaired) electrons. The number of hydrogen-bond donors (Lipinski definition) is 2. The molecule has 28 heavy (non-hydrogen) atoms. The predicted octanol–water partition coefficient (Wildman–Crippen LogP) is 2.46.